The lowest BCUT2D eigenvalue weighted by Gasteiger charge is -2.12. The summed E-state index contributed by atoms with van der Waals surface area (Å²) in [4.78, 5) is 7.66. The van der Waals surface area contributed by atoms with Gasteiger partial charge < -0.3 is 4.84 Å². The first-order valence-electron chi connectivity index (χ1n) is 8.84. The van der Waals surface area contributed by atoms with Gasteiger partial charge in [-0.15, -0.1) is 5.10 Å². The molecule has 4 aromatic rings. The number of sulfonamides is 1. The molecule has 1 N–H and O–H groups in total. The van der Waals surface area contributed by atoms with Crippen molar-refractivity contribution in [3.05, 3.63) is 48.3 Å². The van der Waals surface area contributed by atoms with E-state index in [9.17, 15) is 8.42 Å². The minimum atomic E-state index is -3.97. The van der Waals surface area contributed by atoms with Gasteiger partial charge in [-0.3, -0.25) is 0 Å². The molecular formula is C17H17N7O3S2. The van der Waals surface area contributed by atoms with Gasteiger partial charge in [0.1, 0.15) is 28.0 Å². The maximum atomic E-state index is 13.0. The molecule has 29 heavy (non-hydrogen) atoms. The zero-order chi connectivity index (χ0) is 20.3. The number of nitrogens with one attached hydrogen (secondary N) is 1. The second-order valence-corrected chi connectivity index (χ2v) is 8.34. The summed E-state index contributed by atoms with van der Waals surface area (Å²) >= 11 is 0.979. The van der Waals surface area contributed by atoms with Crippen molar-refractivity contribution in [1.29, 1.82) is 0 Å². The molecule has 0 radical (unpaired) electrons. The molecule has 10 nitrogen and oxygen atoms in total. The van der Waals surface area contributed by atoms with Crippen LogP contribution in [0.2, 0.25) is 0 Å². The Hall–Kier alpha value is -2.96. The van der Waals surface area contributed by atoms with E-state index in [0.29, 0.717) is 34.5 Å². The van der Waals surface area contributed by atoms with Crippen LogP contribution in [-0.4, -0.2) is 37.4 Å². The molecule has 12 heteroatoms. The molecule has 2 heterocycles. The molecule has 0 aliphatic heterocycles. The molecule has 2 aromatic heterocycles. The van der Waals surface area contributed by atoms with E-state index in [2.05, 4.69) is 36.1 Å². The Bertz CT molecular complexity index is 1210. The molecule has 4 rings (SSSR count). The average molecular weight is 432 g/mol. The van der Waals surface area contributed by atoms with E-state index in [-0.39, 0.29) is 4.90 Å². The van der Waals surface area contributed by atoms with Crippen LogP contribution in [0.5, 0.6) is 5.75 Å². The van der Waals surface area contributed by atoms with Crippen LogP contribution in [0.15, 0.2) is 47.6 Å². The number of nitrogens with zero attached hydrogens (tertiary/aromatic N) is 6. The van der Waals surface area contributed by atoms with Gasteiger partial charge in [0.2, 0.25) is 0 Å². The number of benzene rings is 2. The smallest absolute Gasteiger partial charge is 0.274 e. The molecule has 0 amide bonds. The Morgan fingerprint density at radius 1 is 1.14 bits per heavy atom. The van der Waals surface area contributed by atoms with Gasteiger partial charge in [-0.1, -0.05) is 19.4 Å². The summed E-state index contributed by atoms with van der Waals surface area (Å²) in [6.45, 7) is 2.05. The van der Waals surface area contributed by atoms with Crippen molar-refractivity contribution in [3.63, 3.8) is 0 Å². The molecule has 0 spiro atoms. The van der Waals surface area contributed by atoms with Gasteiger partial charge in [-0.25, -0.2) is 13.1 Å². The predicted molar refractivity (Wildman–Crippen MR) is 106 cm³/mol. The van der Waals surface area contributed by atoms with E-state index < -0.39 is 10.0 Å². The lowest BCUT2D eigenvalue weighted by atomic mass is 10.1. The van der Waals surface area contributed by atoms with Crippen molar-refractivity contribution in [2.24, 2.45) is 0 Å². The van der Waals surface area contributed by atoms with Gasteiger partial charge in [0, 0.05) is 0 Å². The molecule has 0 atom stereocenters. The third-order valence-electron chi connectivity index (χ3n) is 4.25. The monoisotopic (exact) mass is 431 g/mol. The van der Waals surface area contributed by atoms with Crippen LogP contribution in [0.1, 0.15) is 25.3 Å². The van der Waals surface area contributed by atoms with Crippen LogP contribution in [0, 0.1) is 0 Å². The molecule has 0 saturated carbocycles. The van der Waals surface area contributed by atoms with Crippen LogP contribution in [0.3, 0.4) is 0 Å². The van der Waals surface area contributed by atoms with Gasteiger partial charge in [0.25, 0.3) is 10.0 Å². The van der Waals surface area contributed by atoms with Crippen molar-refractivity contribution in [1.82, 2.24) is 33.8 Å². The van der Waals surface area contributed by atoms with E-state index in [1.165, 1.54) is 11.0 Å². The molecular weight excluding hydrogens is 414 g/mol. The van der Waals surface area contributed by atoms with E-state index in [1.54, 1.807) is 36.4 Å². The summed E-state index contributed by atoms with van der Waals surface area (Å²) < 4.78 is 35.9. The first kappa shape index (κ1) is 19.4. The largest absolute Gasteiger partial charge is 0.394 e. The lowest BCUT2D eigenvalue weighted by Crippen LogP contribution is -2.28. The maximum Gasteiger partial charge on any atom is 0.274 e. The number of unbranched alkanes of at least 4 members (excludes halogenated alkanes) is 1. The molecule has 2 aromatic carbocycles. The highest BCUT2D eigenvalue weighted by Crippen LogP contribution is 2.27. The van der Waals surface area contributed by atoms with Gasteiger partial charge in [0.15, 0.2) is 0 Å². The van der Waals surface area contributed by atoms with Crippen LogP contribution in [-0.2, 0) is 16.4 Å². The Labute approximate surface area is 170 Å². The standard InChI is InChI=1S/C17H17N7O3S2/c1-2-3-4-12-5-10-15-16(20-28-19-15)17(12)29(25,26)23-27-14-8-6-13(7-9-14)24-11-18-21-22-24/h5-11,23H,2-4H2,1H3. The number of hydrogen-bond acceptors (Lipinski definition) is 9. The molecule has 0 unspecified atom stereocenters. The first-order chi connectivity index (χ1) is 14.1. The third kappa shape index (κ3) is 4.09. The van der Waals surface area contributed by atoms with E-state index in [4.69, 9.17) is 4.84 Å². The third-order valence-corrected chi connectivity index (χ3v) is 6.09. The number of rotatable bonds is 8. The number of tetrazole rings is 1. The van der Waals surface area contributed by atoms with E-state index >= 15 is 0 Å². The zero-order valence-corrected chi connectivity index (χ0v) is 17.0. The Morgan fingerprint density at radius 2 is 1.97 bits per heavy atom. The van der Waals surface area contributed by atoms with Crippen molar-refractivity contribution in [2.45, 2.75) is 31.1 Å². The number of aromatic nitrogens is 6. The van der Waals surface area contributed by atoms with Crippen LogP contribution < -0.4 is 9.72 Å². The molecule has 0 saturated heterocycles. The fourth-order valence-electron chi connectivity index (χ4n) is 2.82. The molecule has 150 valence electrons. The minimum Gasteiger partial charge on any atom is -0.394 e. The number of hydrogen-bond donors (Lipinski definition) is 1. The van der Waals surface area contributed by atoms with Gasteiger partial charge >= 0.3 is 0 Å². The van der Waals surface area contributed by atoms with Crippen molar-refractivity contribution < 1.29 is 13.3 Å². The molecule has 0 bridgehead atoms. The highest BCUT2D eigenvalue weighted by Gasteiger charge is 2.24. The quantitative estimate of drug-likeness (QED) is 0.421. The highest BCUT2D eigenvalue weighted by atomic mass is 32.2. The topological polar surface area (TPSA) is 125 Å². The Morgan fingerprint density at radius 3 is 2.69 bits per heavy atom. The van der Waals surface area contributed by atoms with Gasteiger partial charge in [-0.2, -0.15) is 8.75 Å². The van der Waals surface area contributed by atoms with Crippen LogP contribution in [0.25, 0.3) is 16.7 Å². The second-order valence-electron chi connectivity index (χ2n) is 6.23. The average Bonchev–Trinajstić information content (AvgIpc) is 3.42. The van der Waals surface area contributed by atoms with Gasteiger partial charge in [-0.05, 0) is 64.0 Å². The Balaban J connectivity index is 1.58. The second kappa shape index (κ2) is 8.19. The first-order valence-corrected chi connectivity index (χ1v) is 11.1. The fourth-order valence-corrected chi connectivity index (χ4v) is 4.63. The summed E-state index contributed by atoms with van der Waals surface area (Å²) in [5, 5.41) is 10.9. The number of fused-ring (bicyclic) bond motifs is 1. The highest BCUT2D eigenvalue weighted by molar-refractivity contribution is 7.89. The molecule has 0 fully saturated rings. The summed E-state index contributed by atoms with van der Waals surface area (Å²) in [5.74, 6) is 0.323. The van der Waals surface area contributed by atoms with Crippen molar-refractivity contribution in [2.75, 3.05) is 0 Å². The van der Waals surface area contributed by atoms with E-state index in [1.807, 2.05) is 0 Å². The molecule has 0 aliphatic carbocycles. The zero-order valence-electron chi connectivity index (χ0n) is 15.4. The SMILES string of the molecule is CCCCc1ccc2nsnc2c1S(=O)(=O)NOc1ccc(-n2cnnn2)cc1. The van der Waals surface area contributed by atoms with Crippen molar-refractivity contribution >= 4 is 32.8 Å². The van der Waals surface area contributed by atoms with Crippen molar-refractivity contribution in [3.8, 4) is 11.4 Å². The summed E-state index contributed by atoms with van der Waals surface area (Å²) in [6, 6.07) is 10.2. The van der Waals surface area contributed by atoms with E-state index in [0.717, 1.165) is 24.6 Å². The minimum absolute atomic E-state index is 0.113. The lowest BCUT2D eigenvalue weighted by molar-refractivity contribution is 0.269. The summed E-state index contributed by atoms with van der Waals surface area (Å²) in [6.07, 6.45) is 3.90. The number of aryl methyl sites for hydroxylation is 1. The summed E-state index contributed by atoms with van der Waals surface area (Å²) in [7, 11) is -3.97. The molecule has 0 aliphatic rings. The summed E-state index contributed by atoms with van der Waals surface area (Å²) in [5.41, 5.74) is 2.30. The predicted octanol–water partition coefficient (Wildman–Crippen LogP) is 2.28. The van der Waals surface area contributed by atoms with Crippen LogP contribution >= 0.6 is 11.7 Å². The van der Waals surface area contributed by atoms with Crippen LogP contribution in [0.4, 0.5) is 0 Å². The van der Waals surface area contributed by atoms with Gasteiger partial charge in [0.05, 0.1) is 17.4 Å². The Kier molecular flexibility index (Phi) is 5.47. The maximum absolute atomic E-state index is 13.0. The fraction of sp³-hybridized carbons (Fsp3) is 0.235. The normalized spacial score (nSPS) is 11.8.